The van der Waals surface area contributed by atoms with Crippen molar-refractivity contribution in [1.82, 2.24) is 5.43 Å². The Bertz CT molecular complexity index is 501. The predicted octanol–water partition coefficient (Wildman–Crippen LogP) is 3.69. The molecule has 1 aliphatic carbocycles. The van der Waals surface area contributed by atoms with E-state index in [9.17, 15) is 4.79 Å². The summed E-state index contributed by atoms with van der Waals surface area (Å²) in [7, 11) is 0. The summed E-state index contributed by atoms with van der Waals surface area (Å²) in [5.74, 6) is -0.110. The quantitative estimate of drug-likeness (QED) is 0.474. The molecule has 0 aliphatic heterocycles. The van der Waals surface area contributed by atoms with Crippen molar-refractivity contribution in [2.24, 2.45) is 10.5 Å². The molecule has 1 N–H and O–H groups in total. The van der Waals surface area contributed by atoms with Gasteiger partial charge in [0.25, 0.3) is 0 Å². The zero-order valence-corrected chi connectivity index (χ0v) is 13.5. The highest BCUT2D eigenvalue weighted by molar-refractivity contribution is 9.25. The minimum absolute atomic E-state index is 0.110. The van der Waals surface area contributed by atoms with Crippen LogP contribution in [0.2, 0.25) is 5.02 Å². The molecule has 18 heavy (non-hydrogen) atoms. The van der Waals surface area contributed by atoms with Crippen LogP contribution >= 0.6 is 43.5 Å². The third-order valence-electron chi connectivity index (χ3n) is 3.01. The van der Waals surface area contributed by atoms with Crippen molar-refractivity contribution >= 4 is 55.6 Å². The minimum Gasteiger partial charge on any atom is -0.272 e. The largest absolute Gasteiger partial charge is 0.272 e. The molecule has 96 valence electrons. The van der Waals surface area contributed by atoms with Crippen molar-refractivity contribution in [3.8, 4) is 0 Å². The van der Waals surface area contributed by atoms with Gasteiger partial charge in [-0.05, 0) is 31.0 Å². The van der Waals surface area contributed by atoms with E-state index >= 15 is 0 Å². The summed E-state index contributed by atoms with van der Waals surface area (Å²) >= 11 is 12.7. The van der Waals surface area contributed by atoms with Gasteiger partial charge in [-0.3, -0.25) is 4.79 Å². The average Bonchev–Trinajstić information content (AvgIpc) is 2.82. The zero-order valence-electron chi connectivity index (χ0n) is 9.58. The highest BCUT2D eigenvalue weighted by atomic mass is 79.9. The molecular weight excluding hydrogens is 383 g/mol. The van der Waals surface area contributed by atoms with Crippen LogP contribution in [0.1, 0.15) is 18.9 Å². The first-order valence-electron chi connectivity index (χ1n) is 5.32. The summed E-state index contributed by atoms with van der Waals surface area (Å²) in [6.45, 7) is 1.88. The normalized spacial score (nSPS) is 25.1. The fourth-order valence-electron chi connectivity index (χ4n) is 1.48. The first kappa shape index (κ1) is 14.0. The number of amides is 1. The van der Waals surface area contributed by atoms with Gasteiger partial charge in [-0.25, -0.2) is 5.43 Å². The number of nitrogens with one attached hydrogen (secondary N) is 1. The molecule has 1 saturated carbocycles. The SMILES string of the molecule is CC1(C(=O)N/N=C/c2ccc(Cl)cc2)CC1(Br)Br. The van der Waals surface area contributed by atoms with E-state index in [0.717, 1.165) is 12.0 Å². The van der Waals surface area contributed by atoms with Crippen LogP contribution in [0.15, 0.2) is 29.4 Å². The number of carbonyl (C=O) groups is 1. The molecule has 0 spiro atoms. The van der Waals surface area contributed by atoms with E-state index < -0.39 is 5.41 Å². The molecule has 6 heteroatoms. The number of hydrogen-bond donors (Lipinski definition) is 1. The lowest BCUT2D eigenvalue weighted by atomic mass is 10.1. The summed E-state index contributed by atoms with van der Waals surface area (Å²) in [6, 6.07) is 7.20. The summed E-state index contributed by atoms with van der Waals surface area (Å²) in [5.41, 5.74) is 2.97. The van der Waals surface area contributed by atoms with Gasteiger partial charge in [0.1, 0.15) is 0 Å². The van der Waals surface area contributed by atoms with Crippen LogP contribution in [-0.2, 0) is 4.79 Å². The minimum atomic E-state index is -0.454. The Balaban J connectivity index is 1.93. The molecule has 1 fully saturated rings. The number of nitrogens with zero attached hydrogens (tertiary/aromatic N) is 1. The van der Waals surface area contributed by atoms with Gasteiger partial charge in [0.2, 0.25) is 5.91 Å². The van der Waals surface area contributed by atoms with E-state index in [2.05, 4.69) is 42.4 Å². The van der Waals surface area contributed by atoms with Crippen LogP contribution in [0.3, 0.4) is 0 Å². The molecule has 1 amide bonds. The second-order valence-corrected chi connectivity index (χ2v) is 8.67. The van der Waals surface area contributed by atoms with Crippen molar-refractivity contribution in [2.75, 3.05) is 0 Å². The standard InChI is InChI=1S/C12H11Br2ClN2O/c1-11(7-12(11,13)14)10(18)17-16-6-8-2-4-9(15)5-3-8/h2-6H,7H2,1H3,(H,17,18)/b16-6+. The second-order valence-electron chi connectivity index (χ2n) is 4.46. The summed E-state index contributed by atoms with van der Waals surface area (Å²) in [4.78, 5) is 11.9. The van der Waals surface area contributed by atoms with E-state index in [-0.39, 0.29) is 9.14 Å². The maximum Gasteiger partial charge on any atom is 0.248 e. The van der Waals surface area contributed by atoms with E-state index in [1.54, 1.807) is 18.3 Å². The van der Waals surface area contributed by atoms with Crippen LogP contribution in [0.25, 0.3) is 0 Å². The molecule has 0 aromatic heterocycles. The fourth-order valence-corrected chi connectivity index (χ4v) is 3.09. The monoisotopic (exact) mass is 392 g/mol. The zero-order chi connectivity index (χ0) is 13.4. The van der Waals surface area contributed by atoms with Crippen molar-refractivity contribution in [1.29, 1.82) is 0 Å². The average molecular weight is 394 g/mol. The number of halogens is 3. The van der Waals surface area contributed by atoms with Gasteiger partial charge >= 0.3 is 0 Å². The van der Waals surface area contributed by atoms with E-state index in [0.29, 0.717) is 5.02 Å². The molecule has 1 aliphatic rings. The van der Waals surface area contributed by atoms with Crippen molar-refractivity contribution in [3.05, 3.63) is 34.9 Å². The molecule has 0 heterocycles. The van der Waals surface area contributed by atoms with Crippen LogP contribution in [0.4, 0.5) is 0 Å². The first-order chi connectivity index (χ1) is 8.35. The molecule has 1 aromatic carbocycles. The third kappa shape index (κ3) is 2.78. The first-order valence-corrected chi connectivity index (χ1v) is 7.28. The number of alkyl halides is 2. The Morgan fingerprint density at radius 3 is 2.50 bits per heavy atom. The van der Waals surface area contributed by atoms with Gasteiger partial charge in [0.05, 0.1) is 14.9 Å². The summed E-state index contributed by atoms with van der Waals surface area (Å²) < 4.78 is -0.299. The molecule has 1 aromatic rings. The van der Waals surface area contributed by atoms with E-state index in [1.165, 1.54) is 0 Å². The highest BCUT2D eigenvalue weighted by Crippen LogP contribution is 2.66. The summed E-state index contributed by atoms with van der Waals surface area (Å²) in [6.07, 6.45) is 2.33. The third-order valence-corrected chi connectivity index (χ3v) is 5.57. The van der Waals surface area contributed by atoms with Gasteiger partial charge in [-0.15, -0.1) is 0 Å². The maximum atomic E-state index is 11.9. The van der Waals surface area contributed by atoms with Crippen LogP contribution in [0, 0.1) is 5.41 Å². The molecule has 0 bridgehead atoms. The van der Waals surface area contributed by atoms with Crippen LogP contribution in [-0.4, -0.2) is 15.4 Å². The number of carbonyl (C=O) groups excluding carboxylic acids is 1. The lowest BCUT2D eigenvalue weighted by Gasteiger charge is -2.09. The molecule has 1 unspecified atom stereocenters. The van der Waals surface area contributed by atoms with Crippen molar-refractivity contribution in [2.45, 2.75) is 16.6 Å². The van der Waals surface area contributed by atoms with Gasteiger partial charge < -0.3 is 0 Å². The van der Waals surface area contributed by atoms with E-state index in [1.807, 2.05) is 19.1 Å². The molecule has 0 saturated heterocycles. The van der Waals surface area contributed by atoms with Gasteiger partial charge in [0.15, 0.2) is 0 Å². The Hall–Kier alpha value is -0.390. The molecule has 3 nitrogen and oxygen atoms in total. The molecule has 2 rings (SSSR count). The number of hydrogen-bond acceptors (Lipinski definition) is 2. The Morgan fingerprint density at radius 1 is 1.44 bits per heavy atom. The Morgan fingerprint density at radius 2 is 2.00 bits per heavy atom. The molecule has 0 radical (unpaired) electrons. The number of rotatable bonds is 3. The van der Waals surface area contributed by atoms with Crippen molar-refractivity contribution in [3.63, 3.8) is 0 Å². The van der Waals surface area contributed by atoms with Crippen LogP contribution in [0.5, 0.6) is 0 Å². The Labute approximate surface area is 127 Å². The Kier molecular flexibility index (Phi) is 3.85. The van der Waals surface area contributed by atoms with Crippen molar-refractivity contribution < 1.29 is 4.79 Å². The lowest BCUT2D eigenvalue weighted by molar-refractivity contribution is -0.125. The number of hydrazone groups is 1. The predicted molar refractivity (Wildman–Crippen MR) is 80.5 cm³/mol. The number of benzene rings is 1. The van der Waals surface area contributed by atoms with Gasteiger partial charge in [0, 0.05) is 5.02 Å². The fraction of sp³-hybridized carbons (Fsp3) is 0.333. The van der Waals surface area contributed by atoms with Gasteiger partial charge in [-0.1, -0.05) is 55.6 Å². The van der Waals surface area contributed by atoms with Gasteiger partial charge in [-0.2, -0.15) is 5.10 Å². The highest BCUT2D eigenvalue weighted by Gasteiger charge is 2.66. The lowest BCUT2D eigenvalue weighted by Crippen LogP contribution is -2.29. The topological polar surface area (TPSA) is 41.5 Å². The molecule has 1 atom stereocenters. The summed E-state index contributed by atoms with van der Waals surface area (Å²) in [5, 5.41) is 4.61. The van der Waals surface area contributed by atoms with Crippen LogP contribution < -0.4 is 5.43 Å². The maximum absolute atomic E-state index is 11.9. The smallest absolute Gasteiger partial charge is 0.248 e. The second kappa shape index (κ2) is 4.94. The molecular formula is C12H11Br2ClN2O. The van der Waals surface area contributed by atoms with E-state index in [4.69, 9.17) is 11.6 Å².